The highest BCUT2D eigenvalue weighted by Gasteiger charge is 2.20. The molecular formula is C10H12BrN3O2. The molecule has 0 unspecified atom stereocenters. The Kier molecular flexibility index (Phi) is 3.28. The van der Waals surface area contributed by atoms with Crippen molar-refractivity contribution in [3.8, 4) is 17.5 Å². The van der Waals surface area contributed by atoms with Crippen LogP contribution in [-0.2, 0) is 12.4 Å². The van der Waals surface area contributed by atoms with Crippen molar-refractivity contribution in [2.24, 2.45) is 7.05 Å². The quantitative estimate of drug-likeness (QED) is 0.810. The first-order chi connectivity index (χ1) is 7.77. The van der Waals surface area contributed by atoms with E-state index < -0.39 is 0 Å². The van der Waals surface area contributed by atoms with Gasteiger partial charge in [0.05, 0.1) is 12.2 Å². The smallest absolute Gasteiger partial charge is 0.258 e. The van der Waals surface area contributed by atoms with E-state index in [1.807, 2.05) is 24.7 Å². The van der Waals surface area contributed by atoms with Gasteiger partial charge in [-0.3, -0.25) is 0 Å². The van der Waals surface area contributed by atoms with Crippen LogP contribution in [0.5, 0.6) is 5.88 Å². The average Bonchev–Trinajstić information content (AvgIpc) is 2.84. The lowest BCUT2D eigenvalue weighted by molar-refractivity contribution is 0.295. The highest BCUT2D eigenvalue weighted by atomic mass is 79.9. The summed E-state index contributed by atoms with van der Waals surface area (Å²) in [6.45, 7) is 2.47. The third-order valence-corrected chi connectivity index (χ3v) is 2.75. The van der Waals surface area contributed by atoms with Crippen LogP contribution < -0.4 is 4.74 Å². The number of ether oxygens (including phenoxy) is 1. The van der Waals surface area contributed by atoms with Crippen LogP contribution in [-0.4, -0.2) is 21.3 Å². The van der Waals surface area contributed by atoms with Gasteiger partial charge < -0.3 is 13.8 Å². The van der Waals surface area contributed by atoms with Crippen molar-refractivity contribution in [2.75, 3.05) is 6.61 Å². The number of hydrogen-bond donors (Lipinski definition) is 0. The molecule has 0 radical (unpaired) electrons. The van der Waals surface area contributed by atoms with Crippen LogP contribution >= 0.6 is 15.9 Å². The molecule has 5 nitrogen and oxygen atoms in total. The molecule has 0 aliphatic rings. The molecule has 0 aliphatic carbocycles. The number of aryl methyl sites for hydroxylation is 1. The zero-order chi connectivity index (χ0) is 11.5. The second kappa shape index (κ2) is 4.69. The Morgan fingerprint density at radius 3 is 2.94 bits per heavy atom. The summed E-state index contributed by atoms with van der Waals surface area (Å²) >= 11 is 3.40. The van der Waals surface area contributed by atoms with Crippen molar-refractivity contribution < 1.29 is 9.26 Å². The van der Waals surface area contributed by atoms with E-state index in [9.17, 15) is 0 Å². The molecule has 16 heavy (non-hydrogen) atoms. The van der Waals surface area contributed by atoms with Gasteiger partial charge in [-0.2, -0.15) is 0 Å². The van der Waals surface area contributed by atoms with E-state index in [0.717, 1.165) is 11.4 Å². The van der Waals surface area contributed by atoms with Crippen LogP contribution in [0.25, 0.3) is 11.6 Å². The maximum atomic E-state index is 5.37. The maximum absolute atomic E-state index is 5.37. The molecule has 0 atom stereocenters. The molecule has 0 aromatic carbocycles. The van der Waals surface area contributed by atoms with Gasteiger partial charge in [-0.15, -0.1) is 0 Å². The van der Waals surface area contributed by atoms with Crippen molar-refractivity contribution in [3.05, 3.63) is 18.0 Å². The minimum atomic E-state index is 0.525. The molecule has 0 spiro atoms. The highest BCUT2D eigenvalue weighted by Crippen LogP contribution is 2.31. The monoisotopic (exact) mass is 285 g/mol. The Bertz CT molecular complexity index is 478. The average molecular weight is 286 g/mol. The lowest BCUT2D eigenvalue weighted by atomic mass is 10.2. The fourth-order valence-electron chi connectivity index (χ4n) is 1.42. The molecule has 0 aliphatic heterocycles. The highest BCUT2D eigenvalue weighted by molar-refractivity contribution is 9.08. The normalized spacial score (nSPS) is 10.7. The fourth-order valence-corrected chi connectivity index (χ4v) is 1.92. The summed E-state index contributed by atoms with van der Waals surface area (Å²) in [7, 11) is 1.91. The first-order valence-electron chi connectivity index (χ1n) is 4.93. The van der Waals surface area contributed by atoms with E-state index in [0.29, 0.717) is 23.6 Å². The molecule has 86 valence electrons. The van der Waals surface area contributed by atoms with E-state index in [-0.39, 0.29) is 0 Å². The molecule has 2 aromatic rings. The lowest BCUT2D eigenvalue weighted by Gasteiger charge is -2.00. The molecule has 0 saturated carbocycles. The van der Waals surface area contributed by atoms with E-state index in [4.69, 9.17) is 9.26 Å². The predicted molar refractivity (Wildman–Crippen MR) is 62.5 cm³/mol. The van der Waals surface area contributed by atoms with E-state index in [2.05, 4.69) is 26.1 Å². The minimum absolute atomic E-state index is 0.525. The Labute approximate surface area is 102 Å². The summed E-state index contributed by atoms with van der Waals surface area (Å²) in [6.07, 6.45) is 3.58. The SMILES string of the molecule is CCOc1noc(-c2nccn2C)c1CBr. The van der Waals surface area contributed by atoms with Gasteiger partial charge >= 0.3 is 0 Å². The number of halogens is 1. The van der Waals surface area contributed by atoms with Crippen molar-refractivity contribution in [1.82, 2.24) is 14.7 Å². The summed E-state index contributed by atoms with van der Waals surface area (Å²) in [5, 5.41) is 4.51. The van der Waals surface area contributed by atoms with Crippen molar-refractivity contribution in [2.45, 2.75) is 12.3 Å². The van der Waals surface area contributed by atoms with E-state index in [1.165, 1.54) is 0 Å². The molecule has 6 heteroatoms. The van der Waals surface area contributed by atoms with Crippen molar-refractivity contribution >= 4 is 15.9 Å². The minimum Gasteiger partial charge on any atom is -0.476 e. The standard InChI is InChI=1S/C10H12BrN3O2/c1-3-15-10-7(6-11)8(16-13-10)9-12-4-5-14(9)2/h4-5H,3,6H2,1-2H3. The molecule has 2 rings (SSSR count). The number of nitrogens with zero attached hydrogens (tertiary/aromatic N) is 3. The largest absolute Gasteiger partial charge is 0.476 e. The Morgan fingerprint density at radius 1 is 1.56 bits per heavy atom. The first kappa shape index (κ1) is 11.2. The van der Waals surface area contributed by atoms with Gasteiger partial charge in [0.2, 0.25) is 5.76 Å². The molecule has 0 bridgehead atoms. The molecular weight excluding hydrogens is 274 g/mol. The van der Waals surface area contributed by atoms with E-state index >= 15 is 0 Å². The number of rotatable bonds is 4. The van der Waals surface area contributed by atoms with Gasteiger partial charge in [-0.1, -0.05) is 15.9 Å². The first-order valence-corrected chi connectivity index (χ1v) is 6.05. The Hall–Kier alpha value is -1.30. The van der Waals surface area contributed by atoms with Crippen LogP contribution in [0.2, 0.25) is 0 Å². The summed E-state index contributed by atoms with van der Waals surface area (Å²) in [5.41, 5.74) is 0.885. The van der Waals surface area contributed by atoms with Gasteiger partial charge in [-0.25, -0.2) is 4.98 Å². The molecule has 0 saturated heterocycles. The van der Waals surface area contributed by atoms with Crippen LogP contribution in [0.3, 0.4) is 0 Å². The van der Waals surface area contributed by atoms with Gasteiger partial charge in [0.25, 0.3) is 5.88 Å². The van der Waals surface area contributed by atoms with Crippen LogP contribution in [0.4, 0.5) is 0 Å². The third kappa shape index (κ3) is 1.84. The van der Waals surface area contributed by atoms with Gasteiger partial charge in [0.15, 0.2) is 5.82 Å². The molecule has 2 heterocycles. The fraction of sp³-hybridized carbons (Fsp3) is 0.400. The van der Waals surface area contributed by atoms with Gasteiger partial charge in [0.1, 0.15) is 0 Å². The lowest BCUT2D eigenvalue weighted by Crippen LogP contribution is -1.96. The predicted octanol–water partition coefficient (Wildman–Crippen LogP) is 2.37. The molecule has 0 amide bonds. The number of aromatic nitrogens is 3. The summed E-state index contributed by atoms with van der Waals surface area (Å²) in [5.74, 6) is 1.91. The topological polar surface area (TPSA) is 53.1 Å². The van der Waals surface area contributed by atoms with Crippen molar-refractivity contribution in [3.63, 3.8) is 0 Å². The second-order valence-corrected chi connectivity index (χ2v) is 3.78. The van der Waals surface area contributed by atoms with Gasteiger partial charge in [0, 0.05) is 24.8 Å². The van der Waals surface area contributed by atoms with Crippen LogP contribution in [0.15, 0.2) is 16.9 Å². The summed E-state index contributed by atoms with van der Waals surface area (Å²) in [4.78, 5) is 4.22. The zero-order valence-corrected chi connectivity index (χ0v) is 10.7. The number of alkyl halides is 1. The molecule has 0 fully saturated rings. The second-order valence-electron chi connectivity index (χ2n) is 3.22. The Balaban J connectivity index is 2.46. The van der Waals surface area contributed by atoms with E-state index in [1.54, 1.807) is 6.20 Å². The third-order valence-electron chi connectivity index (χ3n) is 2.19. The summed E-state index contributed by atoms with van der Waals surface area (Å²) in [6, 6.07) is 0. The number of hydrogen-bond acceptors (Lipinski definition) is 4. The van der Waals surface area contributed by atoms with Crippen LogP contribution in [0.1, 0.15) is 12.5 Å². The maximum Gasteiger partial charge on any atom is 0.258 e. The molecule has 0 N–H and O–H groups in total. The Morgan fingerprint density at radius 2 is 2.38 bits per heavy atom. The molecule has 2 aromatic heterocycles. The zero-order valence-electron chi connectivity index (χ0n) is 9.11. The number of imidazole rings is 1. The summed E-state index contributed by atoms with van der Waals surface area (Å²) < 4.78 is 12.5. The van der Waals surface area contributed by atoms with Crippen LogP contribution in [0, 0.1) is 0 Å². The van der Waals surface area contributed by atoms with Crippen molar-refractivity contribution in [1.29, 1.82) is 0 Å². The van der Waals surface area contributed by atoms with Gasteiger partial charge in [-0.05, 0) is 12.1 Å².